The van der Waals surface area contributed by atoms with Gasteiger partial charge in [0, 0.05) is 6.54 Å². The summed E-state index contributed by atoms with van der Waals surface area (Å²) in [6.07, 6.45) is 6.03. The van der Waals surface area contributed by atoms with Gasteiger partial charge in [-0.3, -0.25) is 4.79 Å². The molecule has 2 unspecified atom stereocenters. The quantitative estimate of drug-likeness (QED) is 0.809. The van der Waals surface area contributed by atoms with Gasteiger partial charge in [0.1, 0.15) is 0 Å². The minimum atomic E-state index is -0.672. The lowest BCUT2D eigenvalue weighted by molar-refractivity contribution is -0.156. The molecule has 1 heterocycles. The third kappa shape index (κ3) is 2.58. The summed E-state index contributed by atoms with van der Waals surface area (Å²) in [5.41, 5.74) is 5.25. The maximum atomic E-state index is 13.1. The molecule has 1 amide bonds. The maximum absolute atomic E-state index is 13.1. The van der Waals surface area contributed by atoms with Crippen LogP contribution in [0.2, 0.25) is 0 Å². The van der Waals surface area contributed by atoms with Crippen molar-refractivity contribution in [3.05, 3.63) is 0 Å². The van der Waals surface area contributed by atoms with Gasteiger partial charge in [0.15, 0.2) is 0 Å². The summed E-state index contributed by atoms with van der Waals surface area (Å²) in [7, 11) is 0. The standard InChI is InChI=1S/C15H26N2O2S/c1-3-15(4-2,13(16)20)14(18)17-9-10-19-12-8-6-5-7-11(12)17/h11-12H,3-10H2,1-2H3,(H2,16,20). The third-order valence-corrected chi connectivity index (χ3v) is 5.47. The van der Waals surface area contributed by atoms with E-state index in [1.165, 1.54) is 12.8 Å². The highest BCUT2D eigenvalue weighted by Gasteiger charge is 2.46. The van der Waals surface area contributed by atoms with Gasteiger partial charge in [-0.25, -0.2) is 0 Å². The van der Waals surface area contributed by atoms with Crippen LogP contribution in [-0.4, -0.2) is 41.1 Å². The van der Waals surface area contributed by atoms with Crippen LogP contribution in [0.3, 0.4) is 0 Å². The normalized spacial score (nSPS) is 27.0. The molecule has 2 fully saturated rings. The minimum Gasteiger partial charge on any atom is -0.392 e. The second-order valence-corrected chi connectivity index (χ2v) is 6.35. The van der Waals surface area contributed by atoms with E-state index in [1.807, 2.05) is 18.7 Å². The first-order valence-electron chi connectivity index (χ1n) is 7.79. The summed E-state index contributed by atoms with van der Waals surface area (Å²) in [6.45, 7) is 5.30. The average molecular weight is 298 g/mol. The van der Waals surface area contributed by atoms with E-state index in [0.29, 0.717) is 31.0 Å². The zero-order chi connectivity index (χ0) is 14.8. The number of hydrogen-bond acceptors (Lipinski definition) is 3. The molecular formula is C15H26N2O2S. The lowest BCUT2D eigenvalue weighted by Crippen LogP contribution is -2.60. The molecule has 0 spiro atoms. The fourth-order valence-corrected chi connectivity index (χ4v) is 4.01. The van der Waals surface area contributed by atoms with E-state index in [2.05, 4.69) is 0 Å². The summed E-state index contributed by atoms with van der Waals surface area (Å²) < 4.78 is 5.84. The van der Waals surface area contributed by atoms with Gasteiger partial charge >= 0.3 is 0 Å². The molecule has 0 aromatic carbocycles. The molecule has 1 saturated carbocycles. The Morgan fingerprint density at radius 1 is 1.35 bits per heavy atom. The summed E-state index contributed by atoms with van der Waals surface area (Å²) in [6, 6.07) is 0.219. The van der Waals surface area contributed by atoms with Crippen LogP contribution in [0, 0.1) is 5.41 Å². The van der Waals surface area contributed by atoms with Crippen LogP contribution in [0.15, 0.2) is 0 Å². The lowest BCUT2D eigenvalue weighted by Gasteiger charge is -2.47. The van der Waals surface area contributed by atoms with Crippen molar-refractivity contribution in [3.8, 4) is 0 Å². The zero-order valence-electron chi connectivity index (χ0n) is 12.6. The van der Waals surface area contributed by atoms with Gasteiger partial charge in [-0.05, 0) is 25.7 Å². The fourth-order valence-electron chi connectivity index (χ4n) is 3.63. The van der Waals surface area contributed by atoms with Gasteiger partial charge in [-0.1, -0.05) is 38.9 Å². The molecule has 0 aromatic rings. The first-order chi connectivity index (χ1) is 9.56. The van der Waals surface area contributed by atoms with Crippen molar-refractivity contribution in [2.24, 2.45) is 11.1 Å². The Morgan fingerprint density at radius 2 is 2.00 bits per heavy atom. The van der Waals surface area contributed by atoms with Gasteiger partial charge < -0.3 is 15.4 Å². The zero-order valence-corrected chi connectivity index (χ0v) is 13.4. The average Bonchev–Trinajstić information content (AvgIpc) is 2.48. The smallest absolute Gasteiger partial charge is 0.236 e. The number of carbonyl (C=O) groups excluding carboxylic acids is 1. The molecule has 4 nitrogen and oxygen atoms in total. The van der Waals surface area contributed by atoms with Gasteiger partial charge in [-0.15, -0.1) is 0 Å². The van der Waals surface area contributed by atoms with E-state index in [0.717, 1.165) is 12.8 Å². The molecule has 5 heteroatoms. The van der Waals surface area contributed by atoms with E-state index in [-0.39, 0.29) is 18.1 Å². The number of hydrogen-bond donors (Lipinski definition) is 1. The van der Waals surface area contributed by atoms with Crippen molar-refractivity contribution in [3.63, 3.8) is 0 Å². The molecule has 2 rings (SSSR count). The van der Waals surface area contributed by atoms with Crippen LogP contribution < -0.4 is 5.73 Å². The first-order valence-corrected chi connectivity index (χ1v) is 8.20. The van der Waals surface area contributed by atoms with Crippen LogP contribution in [0.1, 0.15) is 52.4 Å². The summed E-state index contributed by atoms with van der Waals surface area (Å²) >= 11 is 5.22. The second kappa shape index (κ2) is 6.39. The predicted octanol–water partition coefficient (Wildman–Crippen LogP) is 2.25. The molecule has 1 saturated heterocycles. The van der Waals surface area contributed by atoms with E-state index in [9.17, 15) is 4.79 Å². The van der Waals surface area contributed by atoms with Crippen LogP contribution >= 0.6 is 12.2 Å². The van der Waals surface area contributed by atoms with Gasteiger partial charge in [0.25, 0.3) is 0 Å². The van der Waals surface area contributed by atoms with Gasteiger partial charge in [0.2, 0.25) is 5.91 Å². The maximum Gasteiger partial charge on any atom is 0.236 e. The van der Waals surface area contributed by atoms with E-state index in [1.54, 1.807) is 0 Å². The molecule has 2 N–H and O–H groups in total. The number of thiocarbonyl (C=S) groups is 1. The monoisotopic (exact) mass is 298 g/mol. The Morgan fingerprint density at radius 3 is 2.60 bits per heavy atom. The molecule has 2 atom stereocenters. The largest absolute Gasteiger partial charge is 0.392 e. The number of nitrogens with two attached hydrogens (primary N) is 1. The van der Waals surface area contributed by atoms with Crippen molar-refractivity contribution < 1.29 is 9.53 Å². The van der Waals surface area contributed by atoms with Crippen LogP contribution in [0.4, 0.5) is 0 Å². The molecule has 0 bridgehead atoms. The number of amides is 1. The van der Waals surface area contributed by atoms with Crippen molar-refractivity contribution in [2.45, 2.75) is 64.5 Å². The predicted molar refractivity (Wildman–Crippen MR) is 83.5 cm³/mol. The molecule has 0 aromatic heterocycles. The van der Waals surface area contributed by atoms with E-state index in [4.69, 9.17) is 22.7 Å². The number of morpholine rings is 1. The highest BCUT2D eigenvalue weighted by molar-refractivity contribution is 7.80. The molecule has 1 aliphatic carbocycles. The Labute approximate surface area is 127 Å². The SMILES string of the molecule is CCC(CC)(C(=O)N1CCOC2CCCCC21)C(N)=S. The molecule has 114 valence electrons. The number of rotatable bonds is 4. The number of ether oxygens (including phenoxy) is 1. The molecule has 20 heavy (non-hydrogen) atoms. The van der Waals surface area contributed by atoms with Gasteiger partial charge in [0.05, 0.1) is 29.2 Å². The van der Waals surface area contributed by atoms with Crippen molar-refractivity contribution in [2.75, 3.05) is 13.2 Å². The van der Waals surface area contributed by atoms with Crippen LogP contribution in [-0.2, 0) is 9.53 Å². The van der Waals surface area contributed by atoms with Gasteiger partial charge in [-0.2, -0.15) is 0 Å². The Balaban J connectivity index is 2.23. The van der Waals surface area contributed by atoms with E-state index >= 15 is 0 Å². The summed E-state index contributed by atoms with van der Waals surface area (Å²) in [4.78, 5) is 15.4. The molecule has 0 radical (unpaired) electrons. The third-order valence-electron chi connectivity index (χ3n) is 5.08. The fraction of sp³-hybridized carbons (Fsp3) is 0.867. The summed E-state index contributed by atoms with van der Waals surface area (Å²) in [5.74, 6) is 0.121. The molecule has 1 aliphatic heterocycles. The molecule has 2 aliphatic rings. The lowest BCUT2D eigenvalue weighted by atomic mass is 9.79. The van der Waals surface area contributed by atoms with Crippen LogP contribution in [0.25, 0.3) is 0 Å². The number of carbonyl (C=O) groups is 1. The van der Waals surface area contributed by atoms with E-state index < -0.39 is 5.41 Å². The van der Waals surface area contributed by atoms with Crippen molar-refractivity contribution in [1.82, 2.24) is 4.90 Å². The Kier molecular flexibility index (Phi) is 5.02. The van der Waals surface area contributed by atoms with Crippen LogP contribution in [0.5, 0.6) is 0 Å². The summed E-state index contributed by atoms with van der Waals surface area (Å²) in [5, 5.41) is 0. The molecular weight excluding hydrogens is 272 g/mol. The van der Waals surface area contributed by atoms with Crippen molar-refractivity contribution >= 4 is 23.1 Å². The highest BCUT2D eigenvalue weighted by atomic mass is 32.1. The number of fused-ring (bicyclic) bond motifs is 1. The Bertz CT molecular complexity index is 380. The van der Waals surface area contributed by atoms with Crippen molar-refractivity contribution in [1.29, 1.82) is 0 Å². The highest BCUT2D eigenvalue weighted by Crippen LogP contribution is 2.35. The number of nitrogens with zero attached hydrogens (tertiary/aromatic N) is 1. The minimum absolute atomic E-state index is 0.121. The topological polar surface area (TPSA) is 55.6 Å². The second-order valence-electron chi connectivity index (χ2n) is 5.91. The first kappa shape index (κ1) is 15.7. The Hall–Kier alpha value is -0.680.